The van der Waals surface area contributed by atoms with Crippen molar-refractivity contribution >= 4 is 5.91 Å². The van der Waals surface area contributed by atoms with Crippen molar-refractivity contribution in [1.29, 1.82) is 0 Å². The number of fused-ring (bicyclic) bond motifs is 2. The van der Waals surface area contributed by atoms with Crippen LogP contribution in [0.3, 0.4) is 0 Å². The maximum atomic E-state index is 12.5. The minimum Gasteiger partial charge on any atom is -0.336 e. The van der Waals surface area contributed by atoms with Gasteiger partial charge in [-0.3, -0.25) is 4.79 Å². The third kappa shape index (κ3) is 1.58. The minimum absolute atomic E-state index is 0.0248. The molecule has 1 amide bonds. The van der Waals surface area contributed by atoms with Crippen LogP contribution in [0.25, 0.3) is 0 Å². The standard InChI is InChI=1S/C15H19NO/c1-10-7-8-13-9-12-5-3-4-6-14(12)11(2)15(17)16(10)13/h3-6,10-11,13H,7-9H2,1-2H3/t10-,11+,13?/m1/s1. The first-order chi connectivity index (χ1) is 8.18. The van der Waals surface area contributed by atoms with E-state index in [4.69, 9.17) is 0 Å². The van der Waals surface area contributed by atoms with E-state index < -0.39 is 0 Å². The van der Waals surface area contributed by atoms with Crippen LogP contribution < -0.4 is 0 Å². The van der Waals surface area contributed by atoms with E-state index >= 15 is 0 Å². The number of carbonyl (C=O) groups excluding carboxylic acids is 1. The quantitative estimate of drug-likeness (QED) is 0.670. The van der Waals surface area contributed by atoms with Crippen LogP contribution in [0.15, 0.2) is 24.3 Å². The van der Waals surface area contributed by atoms with Gasteiger partial charge in [-0.2, -0.15) is 0 Å². The van der Waals surface area contributed by atoms with Gasteiger partial charge in [-0.1, -0.05) is 24.3 Å². The summed E-state index contributed by atoms with van der Waals surface area (Å²) >= 11 is 0. The Kier molecular flexibility index (Phi) is 2.46. The molecule has 0 aromatic heterocycles. The Bertz CT molecular complexity index is 454. The van der Waals surface area contributed by atoms with Crippen LogP contribution in [0.5, 0.6) is 0 Å². The molecular formula is C15H19NO. The van der Waals surface area contributed by atoms with Crippen molar-refractivity contribution in [3.8, 4) is 0 Å². The first-order valence-electron chi connectivity index (χ1n) is 6.58. The lowest BCUT2D eigenvalue weighted by molar-refractivity contribution is -0.134. The summed E-state index contributed by atoms with van der Waals surface area (Å²) in [7, 11) is 0. The predicted molar refractivity (Wildman–Crippen MR) is 67.9 cm³/mol. The van der Waals surface area contributed by atoms with E-state index in [1.165, 1.54) is 11.1 Å². The fraction of sp³-hybridized carbons (Fsp3) is 0.533. The van der Waals surface area contributed by atoms with Crippen LogP contribution in [0, 0.1) is 0 Å². The number of nitrogens with zero attached hydrogens (tertiary/aromatic N) is 1. The van der Waals surface area contributed by atoms with E-state index in [0.717, 1.165) is 19.3 Å². The topological polar surface area (TPSA) is 20.3 Å². The molecule has 90 valence electrons. The van der Waals surface area contributed by atoms with Gasteiger partial charge in [0.25, 0.3) is 0 Å². The van der Waals surface area contributed by atoms with E-state index in [1.807, 2.05) is 6.07 Å². The number of amides is 1. The fourth-order valence-electron chi connectivity index (χ4n) is 3.42. The summed E-state index contributed by atoms with van der Waals surface area (Å²) in [5, 5.41) is 0. The summed E-state index contributed by atoms with van der Waals surface area (Å²) < 4.78 is 0. The van der Waals surface area contributed by atoms with Crippen molar-refractivity contribution in [3.63, 3.8) is 0 Å². The zero-order chi connectivity index (χ0) is 12.0. The average molecular weight is 229 g/mol. The Hall–Kier alpha value is -1.31. The van der Waals surface area contributed by atoms with E-state index in [0.29, 0.717) is 18.0 Å². The highest BCUT2D eigenvalue weighted by Crippen LogP contribution is 2.35. The van der Waals surface area contributed by atoms with E-state index in [2.05, 4.69) is 36.9 Å². The van der Waals surface area contributed by atoms with E-state index in [1.54, 1.807) is 0 Å². The molecule has 1 unspecified atom stereocenters. The summed E-state index contributed by atoms with van der Waals surface area (Å²) in [5.41, 5.74) is 2.61. The Morgan fingerprint density at radius 3 is 2.76 bits per heavy atom. The monoisotopic (exact) mass is 229 g/mol. The first-order valence-corrected chi connectivity index (χ1v) is 6.58. The van der Waals surface area contributed by atoms with Gasteiger partial charge in [0.15, 0.2) is 0 Å². The third-order valence-electron chi connectivity index (χ3n) is 4.39. The lowest BCUT2D eigenvalue weighted by Crippen LogP contribution is -2.41. The van der Waals surface area contributed by atoms with Crippen LogP contribution in [0.2, 0.25) is 0 Å². The maximum Gasteiger partial charge on any atom is 0.230 e. The highest BCUT2D eigenvalue weighted by atomic mass is 16.2. The Labute approximate surface area is 103 Å². The van der Waals surface area contributed by atoms with Gasteiger partial charge in [-0.05, 0) is 44.2 Å². The van der Waals surface area contributed by atoms with Crippen LogP contribution in [-0.4, -0.2) is 22.9 Å². The summed E-state index contributed by atoms with van der Waals surface area (Å²) in [6.45, 7) is 4.23. The van der Waals surface area contributed by atoms with Crippen LogP contribution >= 0.6 is 0 Å². The Balaban J connectivity index is 2.06. The zero-order valence-corrected chi connectivity index (χ0v) is 10.5. The fourth-order valence-corrected chi connectivity index (χ4v) is 3.42. The summed E-state index contributed by atoms with van der Waals surface area (Å²) in [5.74, 6) is 0.349. The molecule has 3 atom stereocenters. The molecule has 1 aromatic carbocycles. The van der Waals surface area contributed by atoms with Crippen molar-refractivity contribution in [2.45, 2.75) is 51.1 Å². The van der Waals surface area contributed by atoms with Gasteiger partial charge in [0.05, 0.1) is 5.92 Å². The van der Waals surface area contributed by atoms with Gasteiger partial charge in [0, 0.05) is 12.1 Å². The average Bonchev–Trinajstić information content (AvgIpc) is 2.64. The molecule has 0 bridgehead atoms. The second-order valence-corrected chi connectivity index (χ2v) is 5.45. The minimum atomic E-state index is 0.0248. The van der Waals surface area contributed by atoms with Crippen molar-refractivity contribution in [3.05, 3.63) is 35.4 Å². The number of hydrogen-bond donors (Lipinski definition) is 0. The van der Waals surface area contributed by atoms with Gasteiger partial charge >= 0.3 is 0 Å². The highest BCUT2D eigenvalue weighted by Gasteiger charge is 2.39. The molecule has 2 aliphatic heterocycles. The summed E-state index contributed by atoms with van der Waals surface area (Å²) in [4.78, 5) is 14.7. The molecule has 0 saturated carbocycles. The number of hydrogen-bond acceptors (Lipinski definition) is 1. The molecule has 1 fully saturated rings. The van der Waals surface area contributed by atoms with Gasteiger partial charge in [0.1, 0.15) is 0 Å². The summed E-state index contributed by atoms with van der Waals surface area (Å²) in [6.07, 6.45) is 3.36. The molecule has 2 aliphatic rings. The van der Waals surface area contributed by atoms with Gasteiger partial charge in [-0.25, -0.2) is 0 Å². The van der Waals surface area contributed by atoms with Crippen LogP contribution in [0.1, 0.15) is 43.7 Å². The molecule has 0 aliphatic carbocycles. The molecular weight excluding hydrogens is 210 g/mol. The first kappa shape index (κ1) is 10.8. The Morgan fingerprint density at radius 2 is 1.94 bits per heavy atom. The molecule has 3 rings (SSSR count). The maximum absolute atomic E-state index is 12.5. The molecule has 1 aromatic rings. The number of benzene rings is 1. The second kappa shape index (κ2) is 3.86. The van der Waals surface area contributed by atoms with Gasteiger partial charge in [-0.15, -0.1) is 0 Å². The van der Waals surface area contributed by atoms with Crippen molar-refractivity contribution in [2.24, 2.45) is 0 Å². The molecule has 0 spiro atoms. The van der Waals surface area contributed by atoms with Crippen LogP contribution in [0.4, 0.5) is 0 Å². The van der Waals surface area contributed by atoms with Gasteiger partial charge < -0.3 is 4.90 Å². The predicted octanol–water partition coefficient (Wildman–Crippen LogP) is 2.73. The molecule has 2 heteroatoms. The zero-order valence-electron chi connectivity index (χ0n) is 10.5. The van der Waals surface area contributed by atoms with Gasteiger partial charge in [0.2, 0.25) is 5.91 Å². The van der Waals surface area contributed by atoms with Crippen molar-refractivity contribution < 1.29 is 4.79 Å². The lowest BCUT2D eigenvalue weighted by atomic mass is 9.93. The lowest BCUT2D eigenvalue weighted by Gasteiger charge is -2.28. The van der Waals surface area contributed by atoms with Crippen LogP contribution in [-0.2, 0) is 11.2 Å². The van der Waals surface area contributed by atoms with E-state index in [9.17, 15) is 4.79 Å². The van der Waals surface area contributed by atoms with Crippen molar-refractivity contribution in [1.82, 2.24) is 4.90 Å². The molecule has 0 N–H and O–H groups in total. The summed E-state index contributed by atoms with van der Waals surface area (Å²) in [6, 6.07) is 9.29. The number of rotatable bonds is 0. The molecule has 2 heterocycles. The second-order valence-electron chi connectivity index (χ2n) is 5.45. The molecule has 2 nitrogen and oxygen atoms in total. The molecule has 1 saturated heterocycles. The number of carbonyl (C=O) groups is 1. The smallest absolute Gasteiger partial charge is 0.230 e. The van der Waals surface area contributed by atoms with E-state index in [-0.39, 0.29) is 5.92 Å². The molecule has 0 radical (unpaired) electrons. The largest absolute Gasteiger partial charge is 0.336 e. The third-order valence-corrected chi connectivity index (χ3v) is 4.39. The van der Waals surface area contributed by atoms with Crippen molar-refractivity contribution in [2.75, 3.05) is 0 Å². The highest BCUT2D eigenvalue weighted by molar-refractivity contribution is 5.85. The normalized spacial score (nSPS) is 32.0. The Morgan fingerprint density at radius 1 is 1.18 bits per heavy atom. The SMILES string of the molecule is C[C@@H]1C(=O)N2C(CC[C@H]2C)Cc2ccccc21. The molecule has 17 heavy (non-hydrogen) atoms.